The molecule has 0 atom stereocenters. The first-order valence-electron chi connectivity index (χ1n) is 14.8. The second-order valence-electron chi connectivity index (χ2n) is 11.3. The molecule has 1 saturated heterocycles. The van der Waals surface area contributed by atoms with Gasteiger partial charge in [0.15, 0.2) is 0 Å². The molecule has 46 heavy (non-hydrogen) atoms. The fourth-order valence-electron chi connectivity index (χ4n) is 5.48. The van der Waals surface area contributed by atoms with Crippen LogP contribution in [-0.4, -0.2) is 107 Å². The Morgan fingerprint density at radius 3 is 2.26 bits per heavy atom. The molecule has 3 aromatic carbocycles. The van der Waals surface area contributed by atoms with Crippen LogP contribution in [0.2, 0.25) is 0 Å². The van der Waals surface area contributed by atoms with Gasteiger partial charge in [-0.05, 0) is 49.0 Å². The van der Waals surface area contributed by atoms with Gasteiger partial charge < -0.3 is 24.8 Å². The van der Waals surface area contributed by atoms with Crippen molar-refractivity contribution in [3.05, 3.63) is 89.5 Å². The van der Waals surface area contributed by atoms with Crippen molar-refractivity contribution in [3.63, 3.8) is 0 Å². The van der Waals surface area contributed by atoms with E-state index in [1.165, 1.54) is 24.1 Å². The van der Waals surface area contributed by atoms with E-state index < -0.39 is 27.7 Å². The van der Waals surface area contributed by atoms with Gasteiger partial charge in [-0.15, -0.1) is 0 Å². The molecule has 0 aromatic heterocycles. The van der Waals surface area contributed by atoms with E-state index >= 15 is 0 Å². The maximum atomic E-state index is 14.0. The van der Waals surface area contributed by atoms with Crippen LogP contribution in [0, 0.1) is 0 Å². The highest BCUT2D eigenvalue weighted by atomic mass is 32.2. The Bertz CT molecular complexity index is 1750. The number of likely N-dealkylation sites (N-methyl/N-ethyl adjacent to an activating group) is 2. The number of fused-ring (bicyclic) bond motifs is 1. The van der Waals surface area contributed by atoms with E-state index in [0.29, 0.717) is 40.4 Å². The fraction of sp³-hybridized carbons (Fsp3) is 0.303. The van der Waals surface area contributed by atoms with Gasteiger partial charge in [0.1, 0.15) is 0 Å². The number of rotatable bonds is 10. The Hall–Kier alpha value is -4.56. The topological polar surface area (TPSA) is 140 Å². The molecule has 2 aliphatic rings. The summed E-state index contributed by atoms with van der Waals surface area (Å²) in [5, 5.41) is 3.37. The predicted molar refractivity (Wildman–Crippen MR) is 177 cm³/mol. The van der Waals surface area contributed by atoms with Crippen LogP contribution in [0.15, 0.2) is 72.8 Å². The number of hydrogen-bond donors (Lipinski definition) is 2. The summed E-state index contributed by atoms with van der Waals surface area (Å²) in [4.78, 5) is 46.6. The fourth-order valence-corrected chi connectivity index (χ4v) is 5.90. The summed E-state index contributed by atoms with van der Waals surface area (Å²) >= 11 is 0. The second kappa shape index (κ2) is 13.8. The molecule has 12 nitrogen and oxygen atoms in total. The molecule has 2 aliphatic heterocycles. The Morgan fingerprint density at radius 2 is 1.63 bits per heavy atom. The Labute approximate surface area is 268 Å². The third-order valence-corrected chi connectivity index (χ3v) is 8.87. The summed E-state index contributed by atoms with van der Waals surface area (Å²) in [5.74, 6) is -1.82. The van der Waals surface area contributed by atoms with Crippen molar-refractivity contribution in [2.45, 2.75) is 0 Å². The van der Waals surface area contributed by atoms with Crippen LogP contribution in [-0.2, 0) is 24.4 Å². The summed E-state index contributed by atoms with van der Waals surface area (Å²) in [6.45, 7) is 3.54. The third kappa shape index (κ3) is 7.45. The SMILES string of the molecule is COC(=O)c1ccc2c(c1)N(CCS(=O)(=O)O)C(=O)/C2=C(\Nc1ccc(N(C)C(=O)CN2CCN(C)CC2)cc1)c1ccccc1. The highest BCUT2D eigenvalue weighted by Crippen LogP contribution is 2.42. The normalized spacial score (nSPS) is 16.6. The standard InChI is InChI=1S/C33H37N5O7S/c1-35-15-17-37(18-16-35)22-29(39)36(2)26-12-10-25(11-13-26)34-31(23-7-5-4-6-8-23)30-27-14-9-24(33(41)45-3)21-28(27)38(32(30)40)19-20-46(42,43)44/h4-14,21,34H,15-20,22H2,1-3H3,(H,42,43,44)/b31-30-. The molecule has 2 amide bonds. The van der Waals surface area contributed by atoms with Gasteiger partial charge in [0, 0.05) is 56.7 Å². The number of ether oxygens (including phenoxy) is 1. The van der Waals surface area contributed by atoms with Crippen molar-refractivity contribution in [1.29, 1.82) is 0 Å². The molecule has 5 rings (SSSR count). The van der Waals surface area contributed by atoms with Crippen molar-refractivity contribution < 1.29 is 32.1 Å². The summed E-state index contributed by atoms with van der Waals surface area (Å²) < 4.78 is 37.5. The Kier molecular flexibility index (Phi) is 9.87. The molecule has 3 aromatic rings. The summed E-state index contributed by atoms with van der Waals surface area (Å²) in [6, 6.07) is 21.1. The summed E-state index contributed by atoms with van der Waals surface area (Å²) in [6.07, 6.45) is 0. The molecule has 0 bridgehead atoms. The van der Waals surface area contributed by atoms with E-state index in [1.807, 2.05) is 54.6 Å². The number of esters is 1. The zero-order chi connectivity index (χ0) is 33.0. The molecule has 13 heteroatoms. The maximum Gasteiger partial charge on any atom is 0.337 e. The molecule has 2 N–H and O–H groups in total. The number of piperazine rings is 1. The number of carbonyl (C=O) groups is 3. The largest absolute Gasteiger partial charge is 0.465 e. The lowest BCUT2D eigenvalue weighted by Gasteiger charge is -2.32. The van der Waals surface area contributed by atoms with Crippen LogP contribution >= 0.6 is 0 Å². The number of nitrogens with zero attached hydrogens (tertiary/aromatic N) is 4. The van der Waals surface area contributed by atoms with Crippen LogP contribution in [0.25, 0.3) is 11.3 Å². The summed E-state index contributed by atoms with van der Waals surface area (Å²) in [7, 11) is 0.675. The number of nitrogens with one attached hydrogen (secondary N) is 1. The zero-order valence-electron chi connectivity index (χ0n) is 26.0. The molecular weight excluding hydrogens is 610 g/mol. The first-order valence-corrected chi connectivity index (χ1v) is 16.4. The van der Waals surface area contributed by atoms with Gasteiger partial charge >= 0.3 is 5.97 Å². The van der Waals surface area contributed by atoms with Gasteiger partial charge in [-0.25, -0.2) is 4.79 Å². The van der Waals surface area contributed by atoms with Gasteiger partial charge in [-0.3, -0.25) is 19.0 Å². The summed E-state index contributed by atoms with van der Waals surface area (Å²) in [5.41, 5.74) is 3.75. The van der Waals surface area contributed by atoms with E-state index in [-0.39, 0.29) is 23.6 Å². The lowest BCUT2D eigenvalue weighted by Crippen LogP contribution is -2.48. The minimum atomic E-state index is -4.38. The second-order valence-corrected chi connectivity index (χ2v) is 12.9. The predicted octanol–water partition coefficient (Wildman–Crippen LogP) is 2.90. The minimum Gasteiger partial charge on any atom is -0.465 e. The molecule has 0 aliphatic carbocycles. The smallest absolute Gasteiger partial charge is 0.337 e. The van der Waals surface area contributed by atoms with Crippen molar-refractivity contribution in [2.75, 3.05) is 81.3 Å². The van der Waals surface area contributed by atoms with Gasteiger partial charge in [-0.1, -0.05) is 36.4 Å². The highest BCUT2D eigenvalue weighted by molar-refractivity contribution is 7.85. The Balaban J connectivity index is 1.48. The molecule has 0 unspecified atom stereocenters. The number of anilines is 3. The van der Waals surface area contributed by atoms with E-state index in [9.17, 15) is 27.4 Å². The third-order valence-electron chi connectivity index (χ3n) is 8.18. The van der Waals surface area contributed by atoms with Crippen LogP contribution in [0.1, 0.15) is 21.5 Å². The maximum absolute atomic E-state index is 14.0. The van der Waals surface area contributed by atoms with Crippen molar-refractivity contribution >= 4 is 56.2 Å². The Morgan fingerprint density at radius 1 is 0.957 bits per heavy atom. The van der Waals surface area contributed by atoms with Crippen molar-refractivity contribution in [2.24, 2.45) is 0 Å². The van der Waals surface area contributed by atoms with Crippen LogP contribution < -0.4 is 15.1 Å². The highest BCUT2D eigenvalue weighted by Gasteiger charge is 2.36. The zero-order valence-corrected chi connectivity index (χ0v) is 26.8. The van der Waals surface area contributed by atoms with E-state index in [4.69, 9.17) is 4.74 Å². The molecular formula is C33H37N5O7S. The van der Waals surface area contributed by atoms with Crippen LogP contribution in [0.3, 0.4) is 0 Å². The average molecular weight is 648 g/mol. The minimum absolute atomic E-state index is 0.0122. The van der Waals surface area contributed by atoms with Gasteiger partial charge in [0.25, 0.3) is 16.0 Å². The average Bonchev–Trinajstić information content (AvgIpc) is 3.33. The van der Waals surface area contributed by atoms with Gasteiger partial charge in [0.05, 0.1) is 41.9 Å². The van der Waals surface area contributed by atoms with E-state index in [1.54, 1.807) is 18.0 Å². The van der Waals surface area contributed by atoms with Crippen molar-refractivity contribution in [1.82, 2.24) is 9.80 Å². The first kappa shape index (κ1) is 32.8. The van der Waals surface area contributed by atoms with Gasteiger partial charge in [-0.2, -0.15) is 8.42 Å². The number of hydrogen-bond acceptors (Lipinski definition) is 9. The lowest BCUT2D eigenvalue weighted by atomic mass is 9.99. The number of carbonyl (C=O) groups excluding carboxylic acids is 3. The van der Waals surface area contributed by atoms with E-state index in [0.717, 1.165) is 26.2 Å². The first-order chi connectivity index (χ1) is 21.9. The lowest BCUT2D eigenvalue weighted by molar-refractivity contribution is -0.119. The molecule has 0 saturated carbocycles. The number of amides is 2. The van der Waals surface area contributed by atoms with Crippen molar-refractivity contribution in [3.8, 4) is 0 Å². The van der Waals surface area contributed by atoms with Gasteiger partial charge in [0.2, 0.25) is 5.91 Å². The monoisotopic (exact) mass is 647 g/mol. The molecule has 242 valence electrons. The molecule has 2 heterocycles. The van der Waals surface area contributed by atoms with Crippen LogP contribution in [0.4, 0.5) is 17.1 Å². The molecule has 0 spiro atoms. The molecule has 1 fully saturated rings. The molecule has 0 radical (unpaired) electrons. The quantitative estimate of drug-likeness (QED) is 0.192. The number of benzene rings is 3. The van der Waals surface area contributed by atoms with E-state index in [2.05, 4.69) is 22.2 Å². The van der Waals surface area contributed by atoms with Crippen LogP contribution in [0.5, 0.6) is 0 Å². The number of methoxy groups -OCH3 is 1.